The summed E-state index contributed by atoms with van der Waals surface area (Å²) in [4.78, 5) is 11.8. The highest BCUT2D eigenvalue weighted by Crippen LogP contribution is 2.41. The molecule has 2 unspecified atom stereocenters. The van der Waals surface area contributed by atoms with Crippen LogP contribution in [-0.2, 0) is 4.79 Å². The minimum atomic E-state index is -4.28. The summed E-state index contributed by atoms with van der Waals surface area (Å²) in [6.07, 6.45) is -0.540. The van der Waals surface area contributed by atoms with E-state index in [1.807, 2.05) is 0 Å². The highest BCUT2D eigenvalue weighted by molar-refractivity contribution is 5.79. The maximum Gasteiger partial charge on any atom is 0.392 e. The molecule has 6 heteroatoms. The van der Waals surface area contributed by atoms with Crippen molar-refractivity contribution in [3.8, 4) is 0 Å². The van der Waals surface area contributed by atoms with Crippen LogP contribution in [0.15, 0.2) is 0 Å². The zero-order valence-electron chi connectivity index (χ0n) is 11.0. The molecule has 19 heavy (non-hydrogen) atoms. The maximum atomic E-state index is 12.8. The van der Waals surface area contributed by atoms with Crippen LogP contribution < -0.4 is 5.32 Å². The summed E-state index contributed by atoms with van der Waals surface area (Å²) in [7, 11) is 0. The fourth-order valence-corrected chi connectivity index (χ4v) is 2.59. The van der Waals surface area contributed by atoms with E-state index in [-0.39, 0.29) is 13.0 Å². The molecule has 112 valence electrons. The van der Waals surface area contributed by atoms with Crippen molar-refractivity contribution in [2.45, 2.75) is 51.1 Å². The smallest absolute Gasteiger partial charge is 0.392 e. The molecule has 0 bridgehead atoms. The second-order valence-corrected chi connectivity index (χ2v) is 5.11. The Morgan fingerprint density at radius 3 is 2.47 bits per heavy atom. The second kappa shape index (κ2) is 7.72. The van der Waals surface area contributed by atoms with Gasteiger partial charge in [0.05, 0.1) is 5.92 Å². The van der Waals surface area contributed by atoms with Crippen LogP contribution in [0.1, 0.15) is 44.9 Å². The first-order valence-corrected chi connectivity index (χ1v) is 6.92. The molecule has 0 heterocycles. The molecular weight excluding hydrogens is 259 g/mol. The van der Waals surface area contributed by atoms with Crippen molar-refractivity contribution < 1.29 is 23.1 Å². The van der Waals surface area contributed by atoms with Crippen molar-refractivity contribution in [2.24, 2.45) is 11.8 Å². The third-order valence-corrected chi connectivity index (χ3v) is 3.66. The Morgan fingerprint density at radius 1 is 1.16 bits per heavy atom. The van der Waals surface area contributed by atoms with E-state index in [1.165, 1.54) is 0 Å². The third-order valence-electron chi connectivity index (χ3n) is 3.66. The zero-order valence-corrected chi connectivity index (χ0v) is 11.0. The minimum absolute atomic E-state index is 0.0616. The Bertz CT molecular complexity index is 282. The molecule has 0 aliphatic heterocycles. The molecule has 0 radical (unpaired) electrons. The first-order chi connectivity index (χ1) is 8.96. The number of hydrogen-bond acceptors (Lipinski definition) is 2. The van der Waals surface area contributed by atoms with Gasteiger partial charge in [0, 0.05) is 19.1 Å². The van der Waals surface area contributed by atoms with Gasteiger partial charge in [-0.15, -0.1) is 0 Å². The van der Waals surface area contributed by atoms with Gasteiger partial charge >= 0.3 is 6.18 Å². The lowest BCUT2D eigenvalue weighted by atomic mass is 9.78. The average molecular weight is 281 g/mol. The van der Waals surface area contributed by atoms with Crippen LogP contribution in [0.5, 0.6) is 0 Å². The topological polar surface area (TPSA) is 49.3 Å². The van der Waals surface area contributed by atoms with Crippen molar-refractivity contribution in [3.63, 3.8) is 0 Å². The predicted molar refractivity (Wildman–Crippen MR) is 65.4 cm³/mol. The molecule has 0 aromatic rings. The molecular formula is C13H22F3NO2. The predicted octanol–water partition coefficient (Wildman–Crippen LogP) is 2.63. The van der Waals surface area contributed by atoms with E-state index in [0.29, 0.717) is 38.6 Å². The van der Waals surface area contributed by atoms with E-state index in [2.05, 4.69) is 5.32 Å². The maximum absolute atomic E-state index is 12.8. The second-order valence-electron chi connectivity index (χ2n) is 5.11. The van der Waals surface area contributed by atoms with E-state index in [4.69, 9.17) is 5.11 Å². The van der Waals surface area contributed by atoms with Gasteiger partial charge in [-0.25, -0.2) is 0 Å². The number of amides is 1. The van der Waals surface area contributed by atoms with Crippen LogP contribution in [0.25, 0.3) is 0 Å². The van der Waals surface area contributed by atoms with Gasteiger partial charge in [0.25, 0.3) is 0 Å². The molecule has 1 saturated carbocycles. The minimum Gasteiger partial charge on any atom is -0.396 e. The fraction of sp³-hybridized carbons (Fsp3) is 0.923. The standard InChI is InChI=1S/C13H22F3NO2/c14-13(15,16)11-7-3-2-6-10(11)12(19)17-8-4-1-5-9-18/h10-11,18H,1-9H2,(H,17,19). The Balaban J connectivity index is 2.40. The molecule has 2 atom stereocenters. The first-order valence-electron chi connectivity index (χ1n) is 6.92. The number of hydrogen-bond donors (Lipinski definition) is 2. The van der Waals surface area contributed by atoms with Crippen LogP contribution in [-0.4, -0.2) is 30.3 Å². The van der Waals surface area contributed by atoms with Gasteiger partial charge in [-0.3, -0.25) is 4.79 Å². The molecule has 3 nitrogen and oxygen atoms in total. The molecule has 1 fully saturated rings. The Kier molecular flexibility index (Phi) is 6.62. The number of unbranched alkanes of at least 4 members (excludes halogenated alkanes) is 2. The number of halogens is 3. The first kappa shape index (κ1) is 16.3. The highest BCUT2D eigenvalue weighted by Gasteiger charge is 2.47. The van der Waals surface area contributed by atoms with Gasteiger partial charge in [0.15, 0.2) is 0 Å². The van der Waals surface area contributed by atoms with Crippen molar-refractivity contribution >= 4 is 5.91 Å². The van der Waals surface area contributed by atoms with Crippen molar-refractivity contribution in [3.05, 3.63) is 0 Å². The number of alkyl halides is 3. The Morgan fingerprint density at radius 2 is 1.84 bits per heavy atom. The summed E-state index contributed by atoms with van der Waals surface area (Å²) < 4.78 is 38.5. The lowest BCUT2D eigenvalue weighted by molar-refractivity contribution is -0.198. The number of carbonyl (C=O) groups excluding carboxylic acids is 1. The molecule has 0 aromatic heterocycles. The molecule has 0 spiro atoms. The number of carbonyl (C=O) groups is 1. The van der Waals surface area contributed by atoms with E-state index < -0.39 is 23.9 Å². The molecule has 0 aromatic carbocycles. The quantitative estimate of drug-likeness (QED) is 0.735. The summed E-state index contributed by atoms with van der Waals surface area (Å²) >= 11 is 0. The summed E-state index contributed by atoms with van der Waals surface area (Å²) in [5.74, 6) is -2.88. The largest absolute Gasteiger partial charge is 0.396 e. The Hall–Kier alpha value is -0.780. The summed E-state index contributed by atoms with van der Waals surface area (Å²) in [5, 5.41) is 11.2. The number of rotatable bonds is 6. The summed E-state index contributed by atoms with van der Waals surface area (Å²) in [6.45, 7) is 0.493. The SMILES string of the molecule is O=C(NCCCCCO)C1CCCCC1C(F)(F)F. The lowest BCUT2D eigenvalue weighted by Crippen LogP contribution is -2.42. The van der Waals surface area contributed by atoms with Gasteiger partial charge in [-0.2, -0.15) is 13.2 Å². The molecule has 2 N–H and O–H groups in total. The third kappa shape index (κ3) is 5.38. The van der Waals surface area contributed by atoms with E-state index in [0.717, 1.165) is 6.42 Å². The number of aliphatic hydroxyl groups excluding tert-OH is 1. The highest BCUT2D eigenvalue weighted by atomic mass is 19.4. The van der Waals surface area contributed by atoms with E-state index in [1.54, 1.807) is 0 Å². The summed E-state index contributed by atoms with van der Waals surface area (Å²) in [6, 6.07) is 0. The molecule has 1 aliphatic rings. The fourth-order valence-electron chi connectivity index (χ4n) is 2.59. The van der Waals surface area contributed by atoms with E-state index in [9.17, 15) is 18.0 Å². The van der Waals surface area contributed by atoms with Crippen molar-refractivity contribution in [1.82, 2.24) is 5.32 Å². The van der Waals surface area contributed by atoms with E-state index >= 15 is 0 Å². The molecule has 1 amide bonds. The van der Waals surface area contributed by atoms with Crippen LogP contribution in [0.3, 0.4) is 0 Å². The van der Waals surface area contributed by atoms with Gasteiger partial charge in [-0.05, 0) is 32.1 Å². The van der Waals surface area contributed by atoms with Crippen LogP contribution in [0.4, 0.5) is 13.2 Å². The number of aliphatic hydroxyl groups is 1. The van der Waals surface area contributed by atoms with Crippen LogP contribution in [0, 0.1) is 11.8 Å². The zero-order chi connectivity index (χ0) is 14.3. The monoisotopic (exact) mass is 281 g/mol. The summed E-state index contributed by atoms with van der Waals surface area (Å²) in [5.41, 5.74) is 0. The van der Waals surface area contributed by atoms with Crippen LogP contribution in [0.2, 0.25) is 0 Å². The van der Waals surface area contributed by atoms with Crippen LogP contribution >= 0.6 is 0 Å². The number of nitrogens with one attached hydrogen (secondary N) is 1. The normalized spacial score (nSPS) is 24.2. The Labute approximate surface area is 111 Å². The molecule has 0 saturated heterocycles. The lowest BCUT2D eigenvalue weighted by Gasteiger charge is -2.32. The average Bonchev–Trinajstić information content (AvgIpc) is 2.37. The van der Waals surface area contributed by atoms with Crippen molar-refractivity contribution in [1.29, 1.82) is 0 Å². The van der Waals surface area contributed by atoms with Crippen molar-refractivity contribution in [2.75, 3.05) is 13.2 Å². The molecule has 1 aliphatic carbocycles. The van der Waals surface area contributed by atoms with Gasteiger partial charge < -0.3 is 10.4 Å². The van der Waals surface area contributed by atoms with Gasteiger partial charge in [0.1, 0.15) is 0 Å². The molecule has 1 rings (SSSR count). The van der Waals surface area contributed by atoms with Gasteiger partial charge in [-0.1, -0.05) is 12.8 Å². The van der Waals surface area contributed by atoms with Gasteiger partial charge in [0.2, 0.25) is 5.91 Å².